The molecule has 1 atom stereocenters. The van der Waals surface area contributed by atoms with Gasteiger partial charge in [0.15, 0.2) is 5.82 Å². The number of hydrogen-bond donors (Lipinski definition) is 1. The molecule has 6 heteroatoms. The number of fused-ring (bicyclic) bond motifs is 1. The third-order valence-electron chi connectivity index (χ3n) is 3.49. The molecule has 106 valence electrons. The first-order valence-electron chi connectivity index (χ1n) is 7.13. The van der Waals surface area contributed by atoms with Gasteiger partial charge in [0, 0.05) is 24.9 Å². The maximum atomic E-state index is 4.68. The van der Waals surface area contributed by atoms with E-state index in [1.165, 1.54) is 0 Å². The molecule has 1 unspecified atom stereocenters. The maximum absolute atomic E-state index is 4.68. The Morgan fingerprint density at radius 1 is 1.30 bits per heavy atom. The Morgan fingerprint density at radius 2 is 2.05 bits per heavy atom. The fraction of sp³-hybridized carbons (Fsp3) is 0.571. The van der Waals surface area contributed by atoms with Gasteiger partial charge in [-0.15, -0.1) is 0 Å². The van der Waals surface area contributed by atoms with Crippen LogP contribution < -0.4 is 5.32 Å². The molecule has 3 rings (SSSR count). The zero-order valence-electron chi connectivity index (χ0n) is 12.2. The van der Waals surface area contributed by atoms with Crippen molar-refractivity contribution in [1.82, 2.24) is 24.7 Å². The van der Waals surface area contributed by atoms with E-state index in [-0.39, 0.29) is 6.04 Å². The summed E-state index contributed by atoms with van der Waals surface area (Å²) in [5.74, 6) is 2.93. The molecule has 1 aliphatic heterocycles. The largest absolute Gasteiger partial charge is 0.344 e. The highest BCUT2D eigenvalue weighted by Crippen LogP contribution is 2.27. The normalized spacial score (nSPS) is 18.1. The Balaban J connectivity index is 1.84. The van der Waals surface area contributed by atoms with E-state index >= 15 is 0 Å². The number of aryl methyl sites for hydroxylation is 2. The van der Waals surface area contributed by atoms with Crippen molar-refractivity contribution >= 4 is 5.95 Å². The Labute approximate surface area is 118 Å². The van der Waals surface area contributed by atoms with E-state index in [2.05, 4.69) is 39.2 Å². The summed E-state index contributed by atoms with van der Waals surface area (Å²) in [5, 5.41) is 7.95. The maximum Gasteiger partial charge on any atom is 0.223 e. The Hall–Kier alpha value is -1.98. The summed E-state index contributed by atoms with van der Waals surface area (Å²) in [6, 6.07) is 0.145. The van der Waals surface area contributed by atoms with Gasteiger partial charge in [0.25, 0.3) is 0 Å². The minimum Gasteiger partial charge on any atom is -0.344 e. The smallest absolute Gasteiger partial charge is 0.223 e. The summed E-state index contributed by atoms with van der Waals surface area (Å²) in [6.07, 6.45) is 5.77. The SMILES string of the molecule is Cc1cnc(NC2CCCn3nc(C(C)C)nc32)nc1. The average molecular weight is 272 g/mol. The fourth-order valence-electron chi connectivity index (χ4n) is 2.37. The fourth-order valence-corrected chi connectivity index (χ4v) is 2.37. The van der Waals surface area contributed by atoms with Crippen molar-refractivity contribution in [2.75, 3.05) is 5.32 Å². The Bertz CT molecular complexity index is 586. The summed E-state index contributed by atoms with van der Waals surface area (Å²) >= 11 is 0. The second-order valence-electron chi connectivity index (χ2n) is 5.63. The van der Waals surface area contributed by atoms with Crippen LogP contribution in [-0.2, 0) is 6.54 Å². The van der Waals surface area contributed by atoms with E-state index in [9.17, 15) is 0 Å². The Kier molecular flexibility index (Phi) is 3.38. The number of nitrogens with zero attached hydrogens (tertiary/aromatic N) is 5. The van der Waals surface area contributed by atoms with Crippen molar-refractivity contribution in [3.63, 3.8) is 0 Å². The Morgan fingerprint density at radius 3 is 2.75 bits per heavy atom. The zero-order valence-corrected chi connectivity index (χ0v) is 12.2. The van der Waals surface area contributed by atoms with Gasteiger partial charge in [-0.2, -0.15) is 5.10 Å². The molecule has 1 N–H and O–H groups in total. The monoisotopic (exact) mass is 272 g/mol. The third kappa shape index (κ3) is 2.50. The van der Waals surface area contributed by atoms with E-state index < -0.39 is 0 Å². The predicted molar refractivity (Wildman–Crippen MR) is 76.5 cm³/mol. The molecule has 0 aromatic carbocycles. The number of hydrogen-bond acceptors (Lipinski definition) is 5. The van der Waals surface area contributed by atoms with Crippen LogP contribution in [-0.4, -0.2) is 24.7 Å². The molecule has 0 saturated carbocycles. The van der Waals surface area contributed by atoms with Gasteiger partial charge in [0.05, 0.1) is 6.04 Å². The van der Waals surface area contributed by atoms with Crippen LogP contribution in [0.5, 0.6) is 0 Å². The molecule has 3 heterocycles. The predicted octanol–water partition coefficient (Wildman–Crippen LogP) is 2.45. The summed E-state index contributed by atoms with van der Waals surface area (Å²) in [4.78, 5) is 13.3. The van der Waals surface area contributed by atoms with Gasteiger partial charge in [-0.3, -0.25) is 0 Å². The standard InChI is InChI=1S/C14H20N6/c1-9(2)12-18-13-11(5-4-6-20(13)19-12)17-14-15-7-10(3)8-16-14/h7-9,11H,4-6H2,1-3H3,(H,15,16,17). The first kappa shape index (κ1) is 13.0. The highest BCUT2D eigenvalue weighted by molar-refractivity contribution is 5.28. The van der Waals surface area contributed by atoms with Crippen molar-refractivity contribution < 1.29 is 0 Å². The second-order valence-corrected chi connectivity index (χ2v) is 5.63. The van der Waals surface area contributed by atoms with Gasteiger partial charge >= 0.3 is 0 Å². The van der Waals surface area contributed by atoms with Crippen molar-refractivity contribution in [3.05, 3.63) is 29.6 Å². The van der Waals surface area contributed by atoms with Gasteiger partial charge in [-0.05, 0) is 25.3 Å². The lowest BCUT2D eigenvalue weighted by atomic mass is 10.1. The number of anilines is 1. The molecule has 0 amide bonds. The number of aromatic nitrogens is 5. The van der Waals surface area contributed by atoms with Gasteiger partial charge in [0.1, 0.15) is 5.82 Å². The van der Waals surface area contributed by atoms with Crippen LogP contribution in [0, 0.1) is 6.92 Å². The highest BCUT2D eigenvalue weighted by Gasteiger charge is 2.25. The van der Waals surface area contributed by atoms with Crippen LogP contribution in [0.3, 0.4) is 0 Å². The minimum atomic E-state index is 0.145. The molecule has 1 aliphatic rings. The number of rotatable bonds is 3. The van der Waals surface area contributed by atoms with Crippen molar-refractivity contribution in [2.45, 2.75) is 52.1 Å². The van der Waals surface area contributed by atoms with Crippen molar-refractivity contribution in [1.29, 1.82) is 0 Å². The quantitative estimate of drug-likeness (QED) is 0.929. The van der Waals surface area contributed by atoms with E-state index in [4.69, 9.17) is 0 Å². The van der Waals surface area contributed by atoms with Crippen LogP contribution in [0.2, 0.25) is 0 Å². The lowest BCUT2D eigenvalue weighted by molar-refractivity contribution is 0.435. The first-order chi connectivity index (χ1) is 9.63. The van der Waals surface area contributed by atoms with Gasteiger partial charge < -0.3 is 5.32 Å². The second kappa shape index (κ2) is 5.19. The highest BCUT2D eigenvalue weighted by atomic mass is 15.4. The molecule has 0 spiro atoms. The minimum absolute atomic E-state index is 0.145. The molecule has 2 aromatic heterocycles. The van der Waals surface area contributed by atoms with E-state index in [0.717, 1.165) is 36.6 Å². The molecular formula is C14H20N6. The average Bonchev–Trinajstić information content (AvgIpc) is 2.87. The van der Waals surface area contributed by atoms with E-state index in [1.54, 1.807) is 0 Å². The molecule has 0 bridgehead atoms. The summed E-state index contributed by atoms with van der Waals surface area (Å²) < 4.78 is 2.02. The molecule has 0 fully saturated rings. The van der Waals surface area contributed by atoms with Crippen LogP contribution in [0.1, 0.15) is 55.9 Å². The topological polar surface area (TPSA) is 68.5 Å². The number of nitrogens with one attached hydrogen (secondary N) is 1. The molecule has 2 aromatic rings. The molecule has 0 saturated heterocycles. The summed E-state index contributed by atoms with van der Waals surface area (Å²) in [5.41, 5.74) is 1.06. The van der Waals surface area contributed by atoms with Gasteiger partial charge in [-0.25, -0.2) is 19.6 Å². The summed E-state index contributed by atoms with van der Waals surface area (Å²) in [7, 11) is 0. The molecule has 20 heavy (non-hydrogen) atoms. The molecule has 0 aliphatic carbocycles. The molecule has 0 radical (unpaired) electrons. The van der Waals surface area contributed by atoms with Gasteiger partial charge in [-0.1, -0.05) is 13.8 Å². The third-order valence-corrected chi connectivity index (χ3v) is 3.49. The van der Waals surface area contributed by atoms with E-state index in [0.29, 0.717) is 11.9 Å². The lowest BCUT2D eigenvalue weighted by Crippen LogP contribution is -2.23. The van der Waals surface area contributed by atoms with Crippen LogP contribution in [0.4, 0.5) is 5.95 Å². The van der Waals surface area contributed by atoms with Crippen LogP contribution in [0.15, 0.2) is 12.4 Å². The molecular weight excluding hydrogens is 252 g/mol. The van der Waals surface area contributed by atoms with Gasteiger partial charge in [0.2, 0.25) is 5.95 Å². The van der Waals surface area contributed by atoms with Crippen LogP contribution >= 0.6 is 0 Å². The summed E-state index contributed by atoms with van der Waals surface area (Å²) in [6.45, 7) is 7.16. The van der Waals surface area contributed by atoms with Crippen LogP contribution in [0.25, 0.3) is 0 Å². The first-order valence-corrected chi connectivity index (χ1v) is 7.13. The lowest BCUT2D eigenvalue weighted by Gasteiger charge is -2.22. The van der Waals surface area contributed by atoms with E-state index in [1.807, 2.05) is 24.0 Å². The van der Waals surface area contributed by atoms with Crippen molar-refractivity contribution in [2.24, 2.45) is 0 Å². The molecule has 6 nitrogen and oxygen atoms in total. The zero-order chi connectivity index (χ0) is 14.1. The van der Waals surface area contributed by atoms with Crippen molar-refractivity contribution in [3.8, 4) is 0 Å².